The second-order valence-corrected chi connectivity index (χ2v) is 13.6. The zero-order valence-corrected chi connectivity index (χ0v) is 23.4. The Labute approximate surface area is 218 Å². The average molecular weight is 573 g/mol. The molecule has 0 bridgehead atoms. The van der Waals surface area contributed by atoms with Gasteiger partial charge in [-0.3, -0.25) is 0 Å². The lowest BCUT2D eigenvalue weighted by Crippen LogP contribution is -2.38. The lowest BCUT2D eigenvalue weighted by atomic mass is 10.2. The molecule has 0 fully saturated rings. The third kappa shape index (κ3) is 5.58. The predicted molar refractivity (Wildman–Crippen MR) is 138 cm³/mol. The molecule has 196 valence electrons. The van der Waals surface area contributed by atoms with Crippen molar-refractivity contribution in [1.29, 1.82) is 0 Å². The Kier molecular flexibility index (Phi) is 7.48. The van der Waals surface area contributed by atoms with Gasteiger partial charge in [0.05, 0.1) is 57.4 Å². The molecule has 2 aromatic heterocycles. The Morgan fingerprint density at radius 1 is 1.11 bits per heavy atom. The predicted octanol–water partition coefficient (Wildman–Crippen LogP) is 2.54. The summed E-state index contributed by atoms with van der Waals surface area (Å²) in [6, 6.07) is 5.49. The monoisotopic (exact) mass is 572 g/mol. The van der Waals surface area contributed by atoms with Crippen LogP contribution in [0.2, 0.25) is 0 Å². The van der Waals surface area contributed by atoms with E-state index in [1.54, 1.807) is 18.1 Å². The van der Waals surface area contributed by atoms with Crippen molar-refractivity contribution in [2.24, 2.45) is 7.05 Å². The molecule has 3 heterocycles. The zero-order chi connectivity index (χ0) is 26.4. The van der Waals surface area contributed by atoms with Crippen molar-refractivity contribution in [2.45, 2.75) is 31.7 Å². The maximum absolute atomic E-state index is 11.4. The minimum absolute atomic E-state index is 0.0255. The first-order valence-electron chi connectivity index (χ1n) is 11.0. The maximum atomic E-state index is 11.4. The number of ether oxygens (including phenoxy) is 1. The van der Waals surface area contributed by atoms with Gasteiger partial charge in [-0.15, -0.1) is 0 Å². The van der Waals surface area contributed by atoms with Gasteiger partial charge in [0.1, 0.15) is 16.1 Å². The van der Waals surface area contributed by atoms with Crippen LogP contribution in [0.1, 0.15) is 22.7 Å². The first-order valence-corrected chi connectivity index (χ1v) is 15.8. The molecule has 0 radical (unpaired) electrons. The second kappa shape index (κ2) is 9.99. The molecule has 3 aromatic rings. The van der Waals surface area contributed by atoms with Crippen LogP contribution < -0.4 is 14.2 Å². The number of hydrogen-bond donors (Lipinski definition) is 0. The van der Waals surface area contributed by atoms with E-state index < -0.39 is 31.7 Å². The summed E-state index contributed by atoms with van der Waals surface area (Å²) in [5.74, 6) is -0.427. The summed E-state index contributed by atoms with van der Waals surface area (Å²) in [6.45, 7) is 4.32. The van der Waals surface area contributed by atoms with E-state index in [0.29, 0.717) is 12.3 Å². The van der Waals surface area contributed by atoms with Crippen molar-refractivity contribution in [2.75, 3.05) is 30.1 Å². The number of aromatic nitrogens is 2. The van der Waals surface area contributed by atoms with E-state index in [0.717, 1.165) is 42.2 Å². The molecule has 0 spiro atoms. The van der Waals surface area contributed by atoms with Gasteiger partial charge in [0.15, 0.2) is 5.01 Å². The smallest absolute Gasteiger partial charge is 0.300 e. The van der Waals surface area contributed by atoms with Crippen LogP contribution in [0.15, 0.2) is 28.1 Å². The first-order chi connectivity index (χ1) is 16.8. The third-order valence-electron chi connectivity index (χ3n) is 6.16. The molecule has 4 rings (SSSR count). The summed E-state index contributed by atoms with van der Waals surface area (Å²) in [6.07, 6.45) is 2.07. The molecule has 0 aliphatic carbocycles. The molecule has 0 atom stereocenters. The minimum Gasteiger partial charge on any atom is -0.748 e. The summed E-state index contributed by atoms with van der Waals surface area (Å²) in [4.78, 5) is 2.68. The molecule has 36 heavy (non-hydrogen) atoms. The molecule has 1 aliphatic rings. The number of rotatable bonds is 9. The van der Waals surface area contributed by atoms with E-state index in [-0.39, 0.29) is 13.0 Å². The largest absolute Gasteiger partial charge is 0.748 e. The number of aryl methyl sites for hydroxylation is 3. The molecule has 0 amide bonds. The lowest BCUT2D eigenvalue weighted by Gasteiger charge is -2.21. The van der Waals surface area contributed by atoms with E-state index in [1.807, 2.05) is 48.2 Å². The molecular formula is C22H26N3O7S4-. The van der Waals surface area contributed by atoms with Gasteiger partial charge >= 0.3 is 5.65 Å². The highest BCUT2D eigenvalue weighted by atomic mass is 32.2. The SMILES string of the molecule is COc1ccc2c(c1)N(CCS(=O)(=O)[O-])C(=Cc1sc3c(C)c(C)n(C)c3[n+]1CCCS(=O)(=O)[O-])S2. The van der Waals surface area contributed by atoms with Crippen LogP contribution in [-0.4, -0.2) is 55.7 Å². The fourth-order valence-electron chi connectivity index (χ4n) is 4.16. The van der Waals surface area contributed by atoms with Crippen LogP contribution in [0.3, 0.4) is 0 Å². The van der Waals surface area contributed by atoms with Gasteiger partial charge in [-0.2, -0.15) is 0 Å². The highest BCUT2D eigenvalue weighted by molar-refractivity contribution is 8.04. The quantitative estimate of drug-likeness (QED) is 0.280. The van der Waals surface area contributed by atoms with Gasteiger partial charge in [0, 0.05) is 34.9 Å². The van der Waals surface area contributed by atoms with Gasteiger partial charge in [0.25, 0.3) is 0 Å². The normalized spacial score (nSPS) is 15.3. The van der Waals surface area contributed by atoms with Gasteiger partial charge in [-0.1, -0.05) is 23.1 Å². The fraction of sp³-hybridized carbons (Fsp3) is 0.409. The number of thiazole rings is 1. The number of methoxy groups -OCH3 is 1. The van der Waals surface area contributed by atoms with Crippen LogP contribution in [0.5, 0.6) is 5.75 Å². The highest BCUT2D eigenvalue weighted by Gasteiger charge is 2.30. The third-order valence-corrected chi connectivity index (χ3v) is 9.98. The summed E-state index contributed by atoms with van der Waals surface area (Å²) >= 11 is 2.98. The van der Waals surface area contributed by atoms with Crippen LogP contribution in [-0.2, 0) is 33.8 Å². The van der Waals surface area contributed by atoms with Crippen molar-refractivity contribution in [3.63, 3.8) is 0 Å². The molecular weight excluding hydrogens is 547 g/mol. The molecule has 10 nitrogen and oxygen atoms in total. The van der Waals surface area contributed by atoms with Crippen molar-refractivity contribution in [3.05, 3.63) is 39.5 Å². The van der Waals surface area contributed by atoms with Gasteiger partial charge < -0.3 is 18.7 Å². The van der Waals surface area contributed by atoms with Crippen LogP contribution in [0.25, 0.3) is 16.4 Å². The Bertz CT molecular complexity index is 1570. The molecule has 0 saturated heterocycles. The highest BCUT2D eigenvalue weighted by Crippen LogP contribution is 2.48. The molecule has 14 heteroatoms. The topological polar surface area (TPSA) is 136 Å². The molecule has 1 aromatic carbocycles. The van der Waals surface area contributed by atoms with E-state index in [9.17, 15) is 25.9 Å². The number of benzene rings is 1. The van der Waals surface area contributed by atoms with E-state index in [2.05, 4.69) is 0 Å². The van der Waals surface area contributed by atoms with Crippen LogP contribution in [0, 0.1) is 13.8 Å². The molecule has 0 saturated carbocycles. The minimum atomic E-state index is -4.44. The molecule has 0 N–H and O–H groups in total. The number of fused-ring (bicyclic) bond motifs is 2. The van der Waals surface area contributed by atoms with E-state index in [4.69, 9.17) is 4.74 Å². The van der Waals surface area contributed by atoms with E-state index in [1.165, 1.54) is 23.1 Å². The Morgan fingerprint density at radius 3 is 2.44 bits per heavy atom. The standard InChI is InChI=1S/C22H27N3O7S4/c1-14-15(2)23(3)22-21(14)34-20(25(22)8-5-10-35(26,27)28)13-19-24(9-11-36(29,30)31)17-12-16(32-4)6-7-18(17)33-19/h6-7,12-13H,5,8-11H2,1-4H3,(H-,26,27,28,29,30,31)/p-1. The van der Waals surface area contributed by atoms with Crippen molar-refractivity contribution < 1.29 is 35.2 Å². The second-order valence-electron chi connectivity index (χ2n) is 8.46. The van der Waals surface area contributed by atoms with Crippen molar-refractivity contribution in [3.8, 4) is 5.75 Å². The number of thioether (sulfide) groups is 1. The molecule has 0 unspecified atom stereocenters. The first kappa shape index (κ1) is 26.9. The van der Waals surface area contributed by atoms with Crippen molar-refractivity contribution in [1.82, 2.24) is 4.57 Å². The number of nitrogens with zero attached hydrogens (tertiary/aromatic N) is 3. The van der Waals surface area contributed by atoms with Crippen LogP contribution in [0.4, 0.5) is 5.69 Å². The summed E-state index contributed by atoms with van der Waals surface area (Å²) in [5, 5.41) is 1.55. The Hall–Kier alpha value is -2.10. The summed E-state index contributed by atoms with van der Waals surface area (Å²) in [7, 11) is -5.31. The van der Waals surface area contributed by atoms with Gasteiger partial charge in [-0.05, 0) is 32.4 Å². The van der Waals surface area contributed by atoms with Gasteiger partial charge in [0.2, 0.25) is 0 Å². The molecule has 1 aliphatic heterocycles. The van der Waals surface area contributed by atoms with Crippen LogP contribution >= 0.6 is 23.1 Å². The zero-order valence-electron chi connectivity index (χ0n) is 20.2. The fourth-order valence-corrected chi connectivity index (χ4v) is 7.54. The number of anilines is 1. The lowest BCUT2D eigenvalue weighted by molar-refractivity contribution is -0.671. The average Bonchev–Trinajstić information content (AvgIpc) is 3.38. The van der Waals surface area contributed by atoms with Gasteiger partial charge in [-0.25, -0.2) is 26.0 Å². The summed E-state index contributed by atoms with van der Waals surface area (Å²) < 4.78 is 78.3. The summed E-state index contributed by atoms with van der Waals surface area (Å²) in [5.41, 5.74) is 3.85. The van der Waals surface area contributed by atoms with E-state index >= 15 is 0 Å². The van der Waals surface area contributed by atoms with Crippen molar-refractivity contribution >= 4 is 65.4 Å². The maximum Gasteiger partial charge on any atom is 0.300 e. The number of hydrogen-bond acceptors (Lipinski definition) is 10. The Morgan fingerprint density at radius 2 is 1.81 bits per heavy atom. The Balaban J connectivity index is 1.81.